The lowest BCUT2D eigenvalue weighted by Crippen LogP contribution is -2.45. The number of aromatic amines is 1. The predicted octanol–water partition coefficient (Wildman–Crippen LogP) is 2.59. The fraction of sp³-hybridized carbons (Fsp3) is 0.450. The van der Waals surface area contributed by atoms with Crippen molar-refractivity contribution >= 4 is 5.91 Å². The molecule has 0 spiro atoms. The summed E-state index contributed by atoms with van der Waals surface area (Å²) in [5.74, 6) is 0.112. The molecule has 26 heavy (non-hydrogen) atoms. The van der Waals surface area contributed by atoms with Gasteiger partial charge < -0.3 is 15.0 Å². The Balaban J connectivity index is 1.87. The van der Waals surface area contributed by atoms with Gasteiger partial charge in [-0.2, -0.15) is 0 Å². The number of benzene rings is 1. The first-order valence-electron chi connectivity index (χ1n) is 9.16. The molecule has 1 amide bonds. The number of aryl methyl sites for hydroxylation is 1. The zero-order valence-electron chi connectivity index (χ0n) is 15.0. The van der Waals surface area contributed by atoms with Crippen molar-refractivity contribution in [3.8, 4) is 0 Å². The predicted molar refractivity (Wildman–Crippen MR) is 98.9 cm³/mol. The van der Waals surface area contributed by atoms with E-state index < -0.39 is 11.7 Å². The molecule has 1 aliphatic carbocycles. The minimum Gasteiger partial charge on any atom is -0.387 e. The Labute approximate surface area is 152 Å². The first kappa shape index (κ1) is 18.3. The van der Waals surface area contributed by atoms with E-state index in [1.54, 1.807) is 11.8 Å². The number of carbonyl (C=O) groups excluding carboxylic acids is 1. The molecule has 1 saturated carbocycles. The Kier molecular flexibility index (Phi) is 5.83. The number of hydrogen-bond acceptors (Lipinski definition) is 4. The quantitative estimate of drug-likeness (QED) is 0.863. The summed E-state index contributed by atoms with van der Waals surface area (Å²) < 4.78 is 0. The maximum absolute atomic E-state index is 13.1. The van der Waals surface area contributed by atoms with Crippen molar-refractivity contribution in [1.29, 1.82) is 0 Å². The lowest BCUT2D eigenvalue weighted by Gasteiger charge is -2.35. The maximum atomic E-state index is 13.1. The lowest BCUT2D eigenvalue weighted by molar-refractivity contribution is 0.0452. The fourth-order valence-electron chi connectivity index (χ4n) is 3.55. The van der Waals surface area contributed by atoms with Gasteiger partial charge in [0.1, 0.15) is 11.4 Å². The third-order valence-electron chi connectivity index (χ3n) is 4.99. The Hall–Kier alpha value is -2.47. The van der Waals surface area contributed by atoms with Crippen LogP contribution in [0, 0.1) is 6.92 Å². The van der Waals surface area contributed by atoms with Gasteiger partial charge in [-0.1, -0.05) is 49.6 Å². The van der Waals surface area contributed by atoms with Gasteiger partial charge in [-0.05, 0) is 25.3 Å². The third kappa shape index (κ3) is 4.19. The molecular formula is C20H25N3O3. The van der Waals surface area contributed by atoms with Crippen LogP contribution in [0.2, 0.25) is 0 Å². The van der Waals surface area contributed by atoms with Crippen molar-refractivity contribution in [3.05, 3.63) is 63.8 Å². The van der Waals surface area contributed by atoms with Crippen molar-refractivity contribution in [3.63, 3.8) is 0 Å². The van der Waals surface area contributed by atoms with E-state index in [1.165, 1.54) is 6.20 Å². The standard InChI is InChI=1S/C20H25N3O3/c1-14-21-12-17(19(25)22-14)20(26)23(16-10-6-3-7-11-16)13-18(24)15-8-4-2-5-9-15/h2,4-5,8-9,12,16,18,24H,3,6-7,10-11,13H2,1H3,(H,21,22,25). The summed E-state index contributed by atoms with van der Waals surface area (Å²) in [7, 11) is 0. The molecule has 0 saturated heterocycles. The van der Waals surface area contributed by atoms with Gasteiger partial charge in [0, 0.05) is 12.2 Å². The van der Waals surface area contributed by atoms with Crippen LogP contribution in [0.5, 0.6) is 0 Å². The van der Waals surface area contributed by atoms with Crippen molar-refractivity contribution in [2.75, 3.05) is 6.54 Å². The van der Waals surface area contributed by atoms with Gasteiger partial charge in [0.15, 0.2) is 0 Å². The summed E-state index contributed by atoms with van der Waals surface area (Å²) in [5.41, 5.74) is 0.357. The van der Waals surface area contributed by atoms with Gasteiger partial charge in [0.2, 0.25) is 0 Å². The van der Waals surface area contributed by atoms with Gasteiger partial charge in [-0.15, -0.1) is 0 Å². The minimum atomic E-state index is -0.792. The Morgan fingerprint density at radius 3 is 2.62 bits per heavy atom. The molecule has 0 bridgehead atoms. The number of rotatable bonds is 5. The molecule has 2 aromatic rings. The third-order valence-corrected chi connectivity index (χ3v) is 4.99. The number of aliphatic hydroxyl groups excluding tert-OH is 1. The molecule has 1 atom stereocenters. The number of aromatic nitrogens is 2. The molecule has 1 heterocycles. The van der Waals surface area contributed by atoms with E-state index in [0.29, 0.717) is 5.82 Å². The van der Waals surface area contributed by atoms with E-state index in [9.17, 15) is 14.7 Å². The molecule has 6 nitrogen and oxygen atoms in total. The van der Waals surface area contributed by atoms with Gasteiger partial charge in [-0.25, -0.2) is 4.98 Å². The average molecular weight is 355 g/mol. The fourth-order valence-corrected chi connectivity index (χ4v) is 3.55. The molecule has 0 aliphatic heterocycles. The Morgan fingerprint density at radius 2 is 1.96 bits per heavy atom. The normalized spacial score (nSPS) is 16.2. The van der Waals surface area contributed by atoms with E-state index in [1.807, 2.05) is 30.3 Å². The highest BCUT2D eigenvalue weighted by Crippen LogP contribution is 2.26. The molecule has 138 valence electrons. The highest BCUT2D eigenvalue weighted by Gasteiger charge is 2.30. The first-order valence-corrected chi connectivity index (χ1v) is 9.16. The van der Waals surface area contributed by atoms with E-state index in [-0.39, 0.29) is 24.1 Å². The Bertz CT molecular complexity index is 797. The minimum absolute atomic E-state index is 0.0291. The largest absolute Gasteiger partial charge is 0.387 e. The first-order chi connectivity index (χ1) is 12.6. The summed E-state index contributed by atoms with van der Waals surface area (Å²) in [6, 6.07) is 9.33. The smallest absolute Gasteiger partial charge is 0.263 e. The molecular weight excluding hydrogens is 330 g/mol. The summed E-state index contributed by atoms with van der Waals surface area (Å²) in [4.78, 5) is 33.6. The van der Waals surface area contributed by atoms with Crippen LogP contribution in [0.15, 0.2) is 41.3 Å². The van der Waals surface area contributed by atoms with E-state index in [0.717, 1.165) is 37.7 Å². The van der Waals surface area contributed by atoms with Crippen molar-refractivity contribution in [1.82, 2.24) is 14.9 Å². The SMILES string of the molecule is Cc1ncc(C(=O)N(CC(O)c2ccccc2)C2CCCCC2)c(=O)[nH]1. The van der Waals surface area contributed by atoms with Crippen LogP contribution in [0.1, 0.15) is 60.0 Å². The highest BCUT2D eigenvalue weighted by atomic mass is 16.3. The number of aliphatic hydroxyl groups is 1. The van der Waals surface area contributed by atoms with Crippen LogP contribution in [-0.2, 0) is 0 Å². The molecule has 2 N–H and O–H groups in total. The number of amides is 1. The van der Waals surface area contributed by atoms with Gasteiger partial charge in [-0.3, -0.25) is 9.59 Å². The molecule has 6 heteroatoms. The average Bonchev–Trinajstić information content (AvgIpc) is 2.67. The summed E-state index contributed by atoms with van der Waals surface area (Å²) in [6.45, 7) is 1.84. The Morgan fingerprint density at radius 1 is 1.27 bits per heavy atom. The number of nitrogens with one attached hydrogen (secondary N) is 1. The summed E-state index contributed by atoms with van der Waals surface area (Å²) in [6.07, 6.45) is 5.60. The van der Waals surface area contributed by atoms with Crippen LogP contribution < -0.4 is 5.56 Å². The molecule has 1 aromatic heterocycles. The lowest BCUT2D eigenvalue weighted by atomic mass is 9.93. The molecule has 1 aromatic carbocycles. The zero-order chi connectivity index (χ0) is 18.5. The second-order valence-electron chi connectivity index (χ2n) is 6.89. The summed E-state index contributed by atoms with van der Waals surface area (Å²) in [5, 5.41) is 10.6. The topological polar surface area (TPSA) is 86.3 Å². The molecule has 1 unspecified atom stereocenters. The van der Waals surface area contributed by atoms with Crippen LogP contribution in [-0.4, -0.2) is 38.5 Å². The summed E-state index contributed by atoms with van der Waals surface area (Å²) >= 11 is 0. The second kappa shape index (κ2) is 8.27. The number of hydrogen-bond donors (Lipinski definition) is 2. The van der Waals surface area contributed by atoms with Crippen LogP contribution in [0.25, 0.3) is 0 Å². The monoisotopic (exact) mass is 355 g/mol. The molecule has 3 rings (SSSR count). The van der Waals surface area contributed by atoms with E-state index >= 15 is 0 Å². The highest BCUT2D eigenvalue weighted by molar-refractivity contribution is 5.93. The van der Waals surface area contributed by atoms with Crippen molar-refractivity contribution < 1.29 is 9.90 Å². The van der Waals surface area contributed by atoms with Crippen LogP contribution >= 0.6 is 0 Å². The van der Waals surface area contributed by atoms with Gasteiger partial charge in [0.05, 0.1) is 12.6 Å². The maximum Gasteiger partial charge on any atom is 0.263 e. The molecule has 1 fully saturated rings. The van der Waals surface area contributed by atoms with Crippen molar-refractivity contribution in [2.24, 2.45) is 0 Å². The second-order valence-corrected chi connectivity index (χ2v) is 6.89. The van der Waals surface area contributed by atoms with Gasteiger partial charge in [0.25, 0.3) is 11.5 Å². The van der Waals surface area contributed by atoms with Crippen LogP contribution in [0.3, 0.4) is 0 Å². The van der Waals surface area contributed by atoms with E-state index in [4.69, 9.17) is 0 Å². The number of nitrogens with zero attached hydrogens (tertiary/aromatic N) is 2. The number of H-pyrrole nitrogens is 1. The zero-order valence-corrected chi connectivity index (χ0v) is 15.0. The van der Waals surface area contributed by atoms with E-state index in [2.05, 4.69) is 9.97 Å². The van der Waals surface area contributed by atoms with Crippen molar-refractivity contribution in [2.45, 2.75) is 51.2 Å². The molecule has 0 radical (unpaired) electrons. The number of carbonyl (C=O) groups is 1. The molecule has 1 aliphatic rings. The van der Waals surface area contributed by atoms with Crippen LogP contribution in [0.4, 0.5) is 0 Å². The van der Waals surface area contributed by atoms with Gasteiger partial charge >= 0.3 is 0 Å².